The topological polar surface area (TPSA) is 83.0 Å². The molecule has 3 aromatic rings. The lowest BCUT2D eigenvalue weighted by molar-refractivity contribution is -0.136. The van der Waals surface area contributed by atoms with Crippen LogP contribution in [0, 0.1) is 11.6 Å². The van der Waals surface area contributed by atoms with Gasteiger partial charge in [0.1, 0.15) is 5.65 Å². The van der Waals surface area contributed by atoms with E-state index in [1.807, 2.05) is 0 Å². The Morgan fingerprint density at radius 1 is 1.16 bits per heavy atom. The van der Waals surface area contributed by atoms with E-state index in [1.165, 1.54) is 18.3 Å². The summed E-state index contributed by atoms with van der Waals surface area (Å²) in [6, 6.07) is 7.02. The number of aromatic amines is 1. The second-order valence-corrected chi connectivity index (χ2v) is 5.59. The first-order valence-electron chi connectivity index (χ1n) is 7.61. The molecule has 5 nitrogen and oxygen atoms in total. The Morgan fingerprint density at radius 2 is 1.96 bits per heavy atom. The summed E-state index contributed by atoms with van der Waals surface area (Å²) < 4.78 is 27.1. The second kappa shape index (κ2) is 6.80. The van der Waals surface area contributed by atoms with Crippen LogP contribution in [0.4, 0.5) is 8.78 Å². The van der Waals surface area contributed by atoms with E-state index in [0.29, 0.717) is 16.7 Å². The molecule has 2 heterocycles. The van der Waals surface area contributed by atoms with Crippen molar-refractivity contribution >= 4 is 17.0 Å². The van der Waals surface area contributed by atoms with Crippen LogP contribution in [-0.4, -0.2) is 21.0 Å². The Bertz CT molecular complexity index is 1010. The maximum absolute atomic E-state index is 13.8. The van der Waals surface area contributed by atoms with Gasteiger partial charge in [-0.1, -0.05) is 12.1 Å². The normalized spacial score (nSPS) is 11.0. The first-order valence-corrected chi connectivity index (χ1v) is 7.61. The van der Waals surface area contributed by atoms with Gasteiger partial charge in [-0.3, -0.25) is 9.59 Å². The van der Waals surface area contributed by atoms with Crippen molar-refractivity contribution in [3.05, 3.63) is 75.2 Å². The number of carboxylic acid groups (broad SMARTS) is 1. The maximum Gasteiger partial charge on any atom is 0.308 e. The number of carbonyl (C=O) groups is 1. The molecule has 0 aliphatic heterocycles. The summed E-state index contributed by atoms with van der Waals surface area (Å²) in [6.07, 6.45) is 1.32. The number of aliphatic carboxylic acids is 1. The number of benzene rings is 1. The van der Waals surface area contributed by atoms with Crippen molar-refractivity contribution in [2.45, 2.75) is 19.3 Å². The number of halogens is 2. The minimum Gasteiger partial charge on any atom is -0.481 e. The number of hydrogen-bond acceptors (Lipinski definition) is 3. The summed E-state index contributed by atoms with van der Waals surface area (Å²) in [4.78, 5) is 30.7. The number of H-pyrrole nitrogens is 1. The van der Waals surface area contributed by atoms with Crippen LogP contribution in [0.15, 0.2) is 41.3 Å². The van der Waals surface area contributed by atoms with Crippen LogP contribution in [0.25, 0.3) is 11.0 Å². The van der Waals surface area contributed by atoms with Gasteiger partial charge < -0.3 is 10.1 Å². The van der Waals surface area contributed by atoms with Crippen LogP contribution >= 0.6 is 0 Å². The van der Waals surface area contributed by atoms with E-state index in [2.05, 4.69) is 9.97 Å². The molecule has 128 valence electrons. The van der Waals surface area contributed by atoms with Gasteiger partial charge in [0.05, 0.1) is 11.8 Å². The quantitative estimate of drug-likeness (QED) is 0.745. The monoisotopic (exact) mass is 344 g/mol. The molecule has 0 amide bonds. The molecule has 2 aromatic heterocycles. The van der Waals surface area contributed by atoms with Crippen molar-refractivity contribution in [1.82, 2.24) is 9.97 Å². The zero-order valence-corrected chi connectivity index (χ0v) is 13.1. The van der Waals surface area contributed by atoms with Crippen LogP contribution in [0.5, 0.6) is 0 Å². The molecule has 0 unspecified atom stereocenters. The van der Waals surface area contributed by atoms with E-state index >= 15 is 0 Å². The highest BCUT2D eigenvalue weighted by atomic mass is 19.2. The number of rotatable bonds is 5. The lowest BCUT2D eigenvalue weighted by Gasteiger charge is -2.10. The number of pyridine rings is 2. The van der Waals surface area contributed by atoms with Gasteiger partial charge in [-0.15, -0.1) is 0 Å². The fourth-order valence-electron chi connectivity index (χ4n) is 2.76. The molecule has 0 aliphatic rings. The van der Waals surface area contributed by atoms with Crippen molar-refractivity contribution in [3.8, 4) is 0 Å². The SMILES string of the molecule is O=C(O)Cc1c(CCc2cccc(F)c2F)[nH]c2ncccc2c1=O. The number of nitrogens with one attached hydrogen (secondary N) is 1. The van der Waals surface area contributed by atoms with E-state index in [1.54, 1.807) is 12.1 Å². The summed E-state index contributed by atoms with van der Waals surface area (Å²) in [5, 5.41) is 9.37. The fraction of sp³-hybridized carbons (Fsp3) is 0.167. The minimum atomic E-state index is -1.15. The predicted octanol–water partition coefficient (Wildman–Crippen LogP) is 2.61. The van der Waals surface area contributed by atoms with Gasteiger partial charge in [-0.25, -0.2) is 13.8 Å². The summed E-state index contributed by atoms with van der Waals surface area (Å²) in [5.74, 6) is -3.03. The second-order valence-electron chi connectivity index (χ2n) is 5.59. The van der Waals surface area contributed by atoms with E-state index in [0.717, 1.165) is 6.07 Å². The van der Waals surface area contributed by atoms with Crippen LogP contribution in [-0.2, 0) is 24.1 Å². The van der Waals surface area contributed by atoms with E-state index < -0.39 is 29.5 Å². The van der Waals surface area contributed by atoms with Gasteiger partial charge in [0.15, 0.2) is 17.1 Å². The van der Waals surface area contributed by atoms with Gasteiger partial charge in [0.25, 0.3) is 0 Å². The molecule has 1 aromatic carbocycles. The first-order chi connectivity index (χ1) is 12.0. The highest BCUT2D eigenvalue weighted by molar-refractivity contribution is 5.78. The average molecular weight is 344 g/mol. The Kier molecular flexibility index (Phi) is 4.56. The molecular formula is C18H14F2N2O3. The molecule has 0 aliphatic carbocycles. The van der Waals surface area contributed by atoms with Gasteiger partial charge in [-0.2, -0.15) is 0 Å². The van der Waals surface area contributed by atoms with Crippen molar-refractivity contribution in [3.63, 3.8) is 0 Å². The Balaban J connectivity index is 2.03. The standard InChI is InChI=1S/C18H14F2N2O3/c19-13-5-1-3-10(16(13)20)6-7-14-12(9-15(23)24)17(25)11-4-2-8-21-18(11)22-14/h1-5,8H,6-7,9H2,(H,23,24)(H,21,22,25). The summed E-state index contributed by atoms with van der Waals surface area (Å²) in [6.45, 7) is 0. The number of aromatic nitrogens is 2. The van der Waals surface area contributed by atoms with E-state index in [-0.39, 0.29) is 24.0 Å². The molecule has 25 heavy (non-hydrogen) atoms. The largest absolute Gasteiger partial charge is 0.481 e. The van der Waals surface area contributed by atoms with E-state index in [9.17, 15) is 18.4 Å². The molecule has 3 rings (SSSR count). The Morgan fingerprint density at radius 3 is 2.72 bits per heavy atom. The smallest absolute Gasteiger partial charge is 0.308 e. The molecule has 0 spiro atoms. The van der Waals surface area contributed by atoms with Gasteiger partial charge in [-0.05, 0) is 36.6 Å². The molecule has 0 saturated carbocycles. The average Bonchev–Trinajstić information content (AvgIpc) is 2.59. The van der Waals surface area contributed by atoms with Gasteiger partial charge in [0, 0.05) is 17.5 Å². The van der Waals surface area contributed by atoms with Gasteiger partial charge >= 0.3 is 5.97 Å². The number of carboxylic acids is 1. The number of hydrogen-bond donors (Lipinski definition) is 2. The predicted molar refractivity (Wildman–Crippen MR) is 87.5 cm³/mol. The summed E-state index contributed by atoms with van der Waals surface area (Å²) in [7, 11) is 0. The van der Waals surface area contributed by atoms with Crippen LogP contribution in [0.3, 0.4) is 0 Å². The summed E-state index contributed by atoms with van der Waals surface area (Å²) >= 11 is 0. The lowest BCUT2D eigenvalue weighted by Crippen LogP contribution is -2.19. The number of nitrogens with zero attached hydrogens (tertiary/aromatic N) is 1. The van der Waals surface area contributed by atoms with E-state index in [4.69, 9.17) is 5.11 Å². The Labute approximate surface area is 141 Å². The molecule has 0 atom stereocenters. The van der Waals surface area contributed by atoms with Crippen LogP contribution < -0.4 is 5.43 Å². The minimum absolute atomic E-state index is 0.102. The van der Waals surface area contributed by atoms with Crippen molar-refractivity contribution in [2.24, 2.45) is 0 Å². The molecule has 0 radical (unpaired) electrons. The zero-order chi connectivity index (χ0) is 18.0. The Hall–Kier alpha value is -3.09. The molecular weight excluding hydrogens is 330 g/mol. The van der Waals surface area contributed by atoms with Crippen molar-refractivity contribution in [1.29, 1.82) is 0 Å². The highest BCUT2D eigenvalue weighted by Crippen LogP contribution is 2.16. The lowest BCUT2D eigenvalue weighted by atomic mass is 10.0. The molecule has 0 saturated heterocycles. The van der Waals surface area contributed by atoms with Crippen molar-refractivity contribution < 1.29 is 18.7 Å². The number of fused-ring (bicyclic) bond motifs is 1. The maximum atomic E-state index is 13.8. The van der Waals surface area contributed by atoms with Crippen LogP contribution in [0.1, 0.15) is 16.8 Å². The third-order valence-corrected chi connectivity index (χ3v) is 3.96. The highest BCUT2D eigenvalue weighted by Gasteiger charge is 2.16. The fourth-order valence-corrected chi connectivity index (χ4v) is 2.76. The molecule has 7 heteroatoms. The third kappa shape index (κ3) is 3.40. The molecule has 0 fully saturated rings. The van der Waals surface area contributed by atoms with Crippen molar-refractivity contribution in [2.75, 3.05) is 0 Å². The summed E-state index contributed by atoms with van der Waals surface area (Å²) in [5.41, 5.74) is 0.533. The molecule has 2 N–H and O–H groups in total. The number of aryl methyl sites for hydroxylation is 2. The third-order valence-electron chi connectivity index (χ3n) is 3.96. The van der Waals surface area contributed by atoms with Crippen LogP contribution in [0.2, 0.25) is 0 Å². The van der Waals surface area contributed by atoms with Gasteiger partial charge in [0.2, 0.25) is 0 Å². The first kappa shape index (κ1) is 16.8. The zero-order valence-electron chi connectivity index (χ0n) is 13.1. The molecule has 0 bridgehead atoms.